The van der Waals surface area contributed by atoms with E-state index < -0.39 is 0 Å². The molecule has 5 heteroatoms. The number of carbonyl (C=O) groups is 2. The van der Waals surface area contributed by atoms with Gasteiger partial charge in [-0.3, -0.25) is 4.79 Å². The molecule has 2 fully saturated rings. The highest BCUT2D eigenvalue weighted by atomic mass is 16.2. The van der Waals surface area contributed by atoms with Gasteiger partial charge in [0.1, 0.15) is 0 Å². The van der Waals surface area contributed by atoms with Crippen LogP contribution in [0.5, 0.6) is 0 Å². The summed E-state index contributed by atoms with van der Waals surface area (Å²) in [6.45, 7) is 3.33. The van der Waals surface area contributed by atoms with Crippen LogP contribution in [0, 0.1) is 5.92 Å². The number of hydrogen-bond donors (Lipinski definition) is 2. The van der Waals surface area contributed by atoms with E-state index in [0.29, 0.717) is 19.1 Å². The van der Waals surface area contributed by atoms with Crippen molar-refractivity contribution >= 4 is 11.9 Å². The van der Waals surface area contributed by atoms with Crippen LogP contribution in [0.15, 0.2) is 30.3 Å². The summed E-state index contributed by atoms with van der Waals surface area (Å²) in [5.74, 6) is 0.106. The maximum absolute atomic E-state index is 12.4. The zero-order valence-electron chi connectivity index (χ0n) is 13.6. The van der Waals surface area contributed by atoms with Gasteiger partial charge in [0.25, 0.3) is 0 Å². The first-order valence-corrected chi connectivity index (χ1v) is 8.54. The molecule has 1 aromatic carbocycles. The van der Waals surface area contributed by atoms with E-state index in [9.17, 15) is 9.59 Å². The molecule has 3 amide bonds. The predicted molar refractivity (Wildman–Crippen MR) is 88.9 cm³/mol. The Balaban J connectivity index is 1.45. The number of piperidine rings is 1. The molecular weight excluding hydrogens is 290 g/mol. The van der Waals surface area contributed by atoms with Gasteiger partial charge < -0.3 is 15.5 Å². The molecule has 1 unspecified atom stereocenters. The Labute approximate surface area is 137 Å². The fraction of sp³-hybridized carbons (Fsp3) is 0.556. The quantitative estimate of drug-likeness (QED) is 0.896. The molecule has 2 N–H and O–H groups in total. The Bertz CT molecular complexity index is 549. The number of nitrogens with zero attached hydrogens (tertiary/aromatic N) is 1. The van der Waals surface area contributed by atoms with E-state index in [1.807, 2.05) is 42.2 Å². The van der Waals surface area contributed by atoms with Crippen molar-refractivity contribution in [2.24, 2.45) is 5.92 Å². The first-order chi connectivity index (χ1) is 11.1. The lowest BCUT2D eigenvalue weighted by Gasteiger charge is -2.32. The van der Waals surface area contributed by atoms with Crippen LogP contribution in [-0.2, 0) is 4.79 Å². The average Bonchev–Trinajstić information content (AvgIpc) is 3.39. The molecule has 1 aliphatic heterocycles. The zero-order chi connectivity index (χ0) is 16.2. The molecule has 0 spiro atoms. The van der Waals surface area contributed by atoms with Crippen molar-refractivity contribution in [1.82, 2.24) is 15.5 Å². The van der Waals surface area contributed by atoms with Crippen molar-refractivity contribution in [2.45, 2.75) is 44.7 Å². The summed E-state index contributed by atoms with van der Waals surface area (Å²) >= 11 is 0. The molecule has 5 nitrogen and oxygen atoms in total. The molecule has 2 aliphatic rings. The number of hydrogen-bond acceptors (Lipinski definition) is 2. The predicted octanol–water partition coefficient (Wildman–Crippen LogP) is 2.45. The molecule has 3 rings (SSSR count). The van der Waals surface area contributed by atoms with Gasteiger partial charge in [-0.25, -0.2) is 4.79 Å². The summed E-state index contributed by atoms with van der Waals surface area (Å²) in [5.41, 5.74) is 1.11. The van der Waals surface area contributed by atoms with Gasteiger partial charge in [0.15, 0.2) is 0 Å². The summed E-state index contributed by atoms with van der Waals surface area (Å²) < 4.78 is 0. The van der Waals surface area contributed by atoms with Gasteiger partial charge in [0.05, 0.1) is 6.04 Å². The van der Waals surface area contributed by atoms with Crippen molar-refractivity contribution in [3.8, 4) is 0 Å². The van der Waals surface area contributed by atoms with Gasteiger partial charge in [0, 0.05) is 25.0 Å². The molecule has 1 aliphatic carbocycles. The second-order valence-corrected chi connectivity index (χ2v) is 6.63. The summed E-state index contributed by atoms with van der Waals surface area (Å²) in [6.07, 6.45) is 3.68. The molecular formula is C18H25N3O2. The molecule has 1 saturated heterocycles. The van der Waals surface area contributed by atoms with Crippen molar-refractivity contribution in [3.05, 3.63) is 35.9 Å². The molecule has 0 radical (unpaired) electrons. The summed E-state index contributed by atoms with van der Waals surface area (Å²) in [4.78, 5) is 26.3. The van der Waals surface area contributed by atoms with E-state index in [4.69, 9.17) is 0 Å². The highest BCUT2D eigenvalue weighted by Gasteiger charge is 2.30. The third-order valence-electron chi connectivity index (χ3n) is 4.72. The number of benzene rings is 1. The third kappa shape index (κ3) is 4.24. The highest BCUT2D eigenvalue weighted by Crippen LogP contribution is 2.22. The van der Waals surface area contributed by atoms with Crippen LogP contribution in [0.3, 0.4) is 0 Å². The SMILES string of the molecule is CC(NC(=O)C1CCN(C(=O)NC2CC2)CC1)c1ccccc1. The van der Waals surface area contributed by atoms with Crippen molar-refractivity contribution < 1.29 is 9.59 Å². The van der Waals surface area contributed by atoms with Crippen molar-refractivity contribution in [1.29, 1.82) is 0 Å². The number of urea groups is 1. The third-order valence-corrected chi connectivity index (χ3v) is 4.72. The highest BCUT2D eigenvalue weighted by molar-refractivity contribution is 5.80. The van der Waals surface area contributed by atoms with Gasteiger partial charge in [-0.05, 0) is 38.2 Å². The normalized spacial score (nSPS) is 20.0. The number of carbonyl (C=O) groups excluding carboxylic acids is 2. The molecule has 1 aromatic rings. The summed E-state index contributed by atoms with van der Waals surface area (Å²) in [7, 11) is 0. The van der Waals surface area contributed by atoms with Crippen LogP contribution in [0.1, 0.15) is 44.2 Å². The van der Waals surface area contributed by atoms with E-state index >= 15 is 0 Å². The van der Waals surface area contributed by atoms with E-state index in [1.54, 1.807) is 0 Å². The molecule has 0 bridgehead atoms. The first kappa shape index (κ1) is 15.8. The van der Waals surface area contributed by atoms with Crippen molar-refractivity contribution in [2.75, 3.05) is 13.1 Å². The Morgan fingerprint density at radius 2 is 1.74 bits per heavy atom. The Kier molecular flexibility index (Phi) is 4.84. The van der Waals surface area contributed by atoms with Crippen LogP contribution in [-0.4, -0.2) is 36.0 Å². The van der Waals surface area contributed by atoms with Gasteiger partial charge >= 0.3 is 6.03 Å². The fourth-order valence-electron chi connectivity index (χ4n) is 2.99. The minimum Gasteiger partial charge on any atom is -0.349 e. The van der Waals surface area contributed by atoms with E-state index in [2.05, 4.69) is 10.6 Å². The molecule has 1 heterocycles. The van der Waals surface area contributed by atoms with Crippen molar-refractivity contribution in [3.63, 3.8) is 0 Å². The molecule has 1 atom stereocenters. The maximum atomic E-state index is 12.4. The number of likely N-dealkylation sites (tertiary alicyclic amines) is 1. The van der Waals surface area contributed by atoms with E-state index in [0.717, 1.165) is 31.2 Å². The number of amides is 3. The van der Waals surface area contributed by atoms with Crippen LogP contribution in [0.4, 0.5) is 4.79 Å². The van der Waals surface area contributed by atoms with Crippen LogP contribution in [0.25, 0.3) is 0 Å². The Morgan fingerprint density at radius 3 is 2.35 bits per heavy atom. The van der Waals surface area contributed by atoms with Crippen LogP contribution >= 0.6 is 0 Å². The molecule has 23 heavy (non-hydrogen) atoms. The van der Waals surface area contributed by atoms with Gasteiger partial charge in [-0.15, -0.1) is 0 Å². The number of nitrogens with one attached hydrogen (secondary N) is 2. The molecule has 1 saturated carbocycles. The van der Waals surface area contributed by atoms with E-state index in [1.165, 1.54) is 0 Å². The smallest absolute Gasteiger partial charge is 0.317 e. The minimum absolute atomic E-state index is 0.00568. The lowest BCUT2D eigenvalue weighted by molar-refractivity contribution is -0.126. The standard InChI is InChI=1S/C18H25N3O2/c1-13(14-5-3-2-4-6-14)19-17(22)15-9-11-21(12-10-15)18(23)20-16-7-8-16/h2-6,13,15-16H,7-12H2,1H3,(H,19,22)(H,20,23). The average molecular weight is 315 g/mol. The fourth-order valence-corrected chi connectivity index (χ4v) is 2.99. The first-order valence-electron chi connectivity index (χ1n) is 8.54. The van der Waals surface area contributed by atoms with Gasteiger partial charge in [-0.1, -0.05) is 30.3 Å². The van der Waals surface area contributed by atoms with Crippen LogP contribution < -0.4 is 10.6 Å². The molecule has 124 valence electrons. The number of rotatable bonds is 4. The minimum atomic E-state index is 0.00568. The van der Waals surface area contributed by atoms with Gasteiger partial charge in [-0.2, -0.15) is 0 Å². The van der Waals surface area contributed by atoms with E-state index in [-0.39, 0.29) is 23.9 Å². The molecule has 0 aromatic heterocycles. The largest absolute Gasteiger partial charge is 0.349 e. The summed E-state index contributed by atoms with van der Waals surface area (Å²) in [6, 6.07) is 10.4. The Hall–Kier alpha value is -2.04. The van der Waals surface area contributed by atoms with Crippen LogP contribution in [0.2, 0.25) is 0 Å². The lowest BCUT2D eigenvalue weighted by Crippen LogP contribution is -2.47. The topological polar surface area (TPSA) is 61.4 Å². The second-order valence-electron chi connectivity index (χ2n) is 6.63. The maximum Gasteiger partial charge on any atom is 0.317 e. The second kappa shape index (κ2) is 7.02. The monoisotopic (exact) mass is 315 g/mol. The zero-order valence-corrected chi connectivity index (χ0v) is 13.6. The Morgan fingerprint density at radius 1 is 1.09 bits per heavy atom. The summed E-state index contributed by atoms with van der Waals surface area (Å²) in [5, 5.41) is 6.10. The van der Waals surface area contributed by atoms with Gasteiger partial charge in [0.2, 0.25) is 5.91 Å². The lowest BCUT2D eigenvalue weighted by atomic mass is 9.95.